The molecule has 11 heteroatoms. The normalized spacial score (nSPS) is 19.1. The average molecular weight is 517 g/mol. The van der Waals surface area contributed by atoms with Crippen molar-refractivity contribution in [1.82, 2.24) is 9.78 Å². The summed E-state index contributed by atoms with van der Waals surface area (Å²) in [6, 6.07) is 7.23. The van der Waals surface area contributed by atoms with E-state index in [-0.39, 0.29) is 37.3 Å². The Morgan fingerprint density at radius 3 is 2.20 bits per heavy atom. The molecule has 194 valence electrons. The largest absolute Gasteiger partial charge is 0.446 e. The van der Waals surface area contributed by atoms with Crippen molar-refractivity contribution in [1.29, 1.82) is 0 Å². The third-order valence-electron chi connectivity index (χ3n) is 4.71. The Hall–Kier alpha value is -2.67. The van der Waals surface area contributed by atoms with Crippen LogP contribution in [0.25, 0.3) is 0 Å². The molecular weight excluding hydrogens is 485 g/mol. The number of aliphatic hydroxyl groups is 3. The molecule has 3 N–H and O–H groups in total. The fourth-order valence-electron chi connectivity index (χ4n) is 3.36. The molecule has 2 heterocycles. The zero-order valence-electron chi connectivity index (χ0n) is 19.8. The Bertz CT molecular complexity index is 908. The molecule has 0 bridgehead atoms. The van der Waals surface area contributed by atoms with Gasteiger partial charge in [-0.15, -0.1) is 42.6 Å². The molecule has 0 spiro atoms. The Morgan fingerprint density at radius 2 is 1.71 bits per heavy atom. The number of aromatic nitrogens is 2. The highest BCUT2D eigenvalue weighted by molar-refractivity contribution is 7.98. The molecule has 2 aromatic rings. The summed E-state index contributed by atoms with van der Waals surface area (Å²) in [5.74, 6) is -0.190. The van der Waals surface area contributed by atoms with Crippen LogP contribution in [0, 0.1) is 25.7 Å². The number of thioether (sulfide) groups is 1. The second-order valence-electron chi connectivity index (χ2n) is 6.89. The number of terminal acetylenes is 2. The van der Waals surface area contributed by atoms with Gasteiger partial charge in [0.1, 0.15) is 5.69 Å². The minimum absolute atomic E-state index is 0.0224. The fraction of sp³-hybridized carbons (Fsp3) is 0.458. The van der Waals surface area contributed by atoms with Gasteiger partial charge in [0.2, 0.25) is 12.2 Å². The molecule has 3 rings (SSSR count). The van der Waals surface area contributed by atoms with Gasteiger partial charge in [-0.25, -0.2) is 0 Å². The topological polar surface area (TPSA) is 97.0 Å². The van der Waals surface area contributed by atoms with E-state index in [1.54, 1.807) is 23.9 Å². The van der Waals surface area contributed by atoms with Gasteiger partial charge in [-0.2, -0.15) is 13.2 Å². The summed E-state index contributed by atoms with van der Waals surface area (Å²) >= 11 is 1.54. The van der Waals surface area contributed by atoms with E-state index in [0.29, 0.717) is 5.56 Å². The van der Waals surface area contributed by atoms with Gasteiger partial charge in [0.15, 0.2) is 0 Å². The molecule has 1 aliphatic heterocycles. The Kier molecular flexibility index (Phi) is 14.9. The van der Waals surface area contributed by atoms with Crippen LogP contribution < -0.4 is 4.74 Å². The number of rotatable bonds is 6. The van der Waals surface area contributed by atoms with Crippen LogP contribution in [0.3, 0.4) is 0 Å². The first-order chi connectivity index (χ1) is 16.7. The second-order valence-corrected chi connectivity index (χ2v) is 7.77. The predicted molar refractivity (Wildman–Crippen MR) is 129 cm³/mol. The van der Waals surface area contributed by atoms with Crippen LogP contribution in [0.15, 0.2) is 29.2 Å². The molecule has 0 amide bonds. The van der Waals surface area contributed by atoms with Crippen LogP contribution in [0.1, 0.15) is 29.7 Å². The van der Waals surface area contributed by atoms with Crippen molar-refractivity contribution in [2.45, 2.75) is 48.8 Å². The summed E-state index contributed by atoms with van der Waals surface area (Å²) in [7, 11) is 2.21. The lowest BCUT2D eigenvalue weighted by atomic mass is 10.0. The van der Waals surface area contributed by atoms with E-state index in [0.717, 1.165) is 16.7 Å². The van der Waals surface area contributed by atoms with E-state index in [9.17, 15) is 23.4 Å². The molecule has 0 radical (unpaired) electrons. The summed E-state index contributed by atoms with van der Waals surface area (Å²) in [4.78, 5) is 1.01. The zero-order chi connectivity index (χ0) is 27.2. The minimum atomic E-state index is -4.61. The van der Waals surface area contributed by atoms with Crippen molar-refractivity contribution in [3.8, 4) is 31.6 Å². The highest BCUT2D eigenvalue weighted by Gasteiger charge is 2.40. The monoisotopic (exact) mass is 516 g/mol. The number of halogens is 3. The molecule has 1 fully saturated rings. The van der Waals surface area contributed by atoms with E-state index < -0.39 is 30.4 Å². The Labute approximate surface area is 208 Å². The third-order valence-corrected chi connectivity index (χ3v) is 5.45. The summed E-state index contributed by atoms with van der Waals surface area (Å²) < 4.78 is 52.9. The van der Waals surface area contributed by atoms with Crippen molar-refractivity contribution >= 4 is 11.8 Å². The molecule has 0 saturated carbocycles. The van der Waals surface area contributed by atoms with E-state index >= 15 is 0 Å². The number of hydrogen-bond donors (Lipinski definition) is 3. The maximum Gasteiger partial charge on any atom is 0.433 e. The molecule has 3 atom stereocenters. The van der Waals surface area contributed by atoms with E-state index in [2.05, 4.69) is 30.8 Å². The average Bonchev–Trinajstić information content (AvgIpc) is 3.17. The second kappa shape index (κ2) is 16.1. The summed E-state index contributed by atoms with van der Waals surface area (Å²) in [6.07, 6.45) is 11.2. The first-order valence-electron chi connectivity index (χ1n) is 10.2. The van der Waals surface area contributed by atoms with Gasteiger partial charge in [-0.1, -0.05) is 12.1 Å². The van der Waals surface area contributed by atoms with Crippen molar-refractivity contribution in [2.24, 2.45) is 7.05 Å². The van der Waals surface area contributed by atoms with Crippen molar-refractivity contribution < 1.29 is 38.0 Å². The number of aliphatic hydroxyl groups excluding tert-OH is 3. The van der Waals surface area contributed by atoms with E-state index in [1.165, 1.54) is 7.05 Å². The fourth-order valence-corrected chi connectivity index (χ4v) is 3.77. The van der Waals surface area contributed by atoms with Crippen LogP contribution in [0.4, 0.5) is 13.2 Å². The number of benzene rings is 1. The van der Waals surface area contributed by atoms with Gasteiger partial charge in [-0.05, 0) is 24.0 Å². The Morgan fingerprint density at radius 1 is 1.14 bits per heavy atom. The minimum Gasteiger partial charge on any atom is -0.446 e. The lowest BCUT2D eigenvalue weighted by molar-refractivity contribution is -0.186. The molecule has 0 unspecified atom stereocenters. The first-order valence-corrected chi connectivity index (χ1v) is 11.4. The molecule has 7 nitrogen and oxygen atoms in total. The quantitative estimate of drug-likeness (QED) is 0.401. The number of ether oxygens (including phenoxy) is 2. The summed E-state index contributed by atoms with van der Waals surface area (Å²) in [5, 5.41) is 30.1. The first kappa shape index (κ1) is 32.3. The standard InChI is InChI=1S/C19H23F3N2O4S.2C2H2.CH4O/c1-24-17(19(20,21)22)15(7-11-3-5-14(29-2)6-4-11)18(23-24)28-16-9-12(26)8-13(10-25)27-16;3*1-2/h3-6,12-13,16,25-26H,7-10H2,1-2H3;2*1-2H;2H,1H3/t12-,13-,16-;;;/m0.../s1. The van der Waals surface area contributed by atoms with Crippen LogP contribution in [-0.2, 0) is 24.4 Å². The van der Waals surface area contributed by atoms with Gasteiger partial charge in [0.25, 0.3) is 0 Å². The lowest BCUT2D eigenvalue weighted by Crippen LogP contribution is -2.40. The van der Waals surface area contributed by atoms with Gasteiger partial charge in [0, 0.05) is 38.3 Å². The van der Waals surface area contributed by atoms with Crippen molar-refractivity contribution in [3.63, 3.8) is 0 Å². The molecule has 1 aromatic heterocycles. The summed E-state index contributed by atoms with van der Waals surface area (Å²) in [6.45, 7) is -0.318. The molecule has 35 heavy (non-hydrogen) atoms. The van der Waals surface area contributed by atoms with E-state index in [1.807, 2.05) is 18.4 Å². The molecule has 1 aromatic carbocycles. The van der Waals surface area contributed by atoms with Gasteiger partial charge in [0.05, 0.1) is 24.4 Å². The molecule has 1 aliphatic rings. The summed E-state index contributed by atoms with van der Waals surface area (Å²) in [5.41, 5.74) is -0.304. The number of hydrogen-bond acceptors (Lipinski definition) is 7. The SMILES string of the molecule is C#C.C#C.CO.CSc1ccc(Cc2c(O[C@H]3C[C@@H](O)C[C@@H](CO)O3)nn(C)c2C(F)(F)F)cc1. The third kappa shape index (κ3) is 9.48. The molecule has 1 saturated heterocycles. The predicted octanol–water partition coefficient (Wildman–Crippen LogP) is 3.10. The lowest BCUT2D eigenvalue weighted by Gasteiger charge is -2.31. The van der Waals surface area contributed by atoms with Gasteiger partial charge in [-0.3, -0.25) is 4.68 Å². The highest BCUT2D eigenvalue weighted by atomic mass is 32.2. The van der Waals surface area contributed by atoms with Crippen molar-refractivity contribution in [2.75, 3.05) is 20.0 Å². The number of aryl methyl sites for hydroxylation is 1. The smallest absolute Gasteiger partial charge is 0.433 e. The van der Waals surface area contributed by atoms with Gasteiger partial charge < -0.3 is 24.8 Å². The number of nitrogens with zero attached hydrogens (tertiary/aromatic N) is 2. The van der Waals surface area contributed by atoms with Gasteiger partial charge >= 0.3 is 6.18 Å². The van der Waals surface area contributed by atoms with Crippen molar-refractivity contribution in [3.05, 3.63) is 41.1 Å². The van der Waals surface area contributed by atoms with Crippen LogP contribution in [0.2, 0.25) is 0 Å². The number of alkyl halides is 3. The van der Waals surface area contributed by atoms with Crippen LogP contribution in [-0.4, -0.2) is 63.6 Å². The highest BCUT2D eigenvalue weighted by Crippen LogP contribution is 2.38. The molecular formula is C24H31F3N2O5S. The zero-order valence-corrected chi connectivity index (χ0v) is 20.6. The maximum atomic E-state index is 13.7. The van der Waals surface area contributed by atoms with Crippen LogP contribution >= 0.6 is 11.8 Å². The molecule has 0 aliphatic carbocycles. The van der Waals surface area contributed by atoms with E-state index in [4.69, 9.17) is 14.6 Å². The Balaban J connectivity index is 0.00000179. The maximum absolute atomic E-state index is 13.7. The van der Waals surface area contributed by atoms with Crippen LogP contribution in [0.5, 0.6) is 5.88 Å².